The highest BCUT2D eigenvalue weighted by molar-refractivity contribution is 7.99. The normalized spacial score (nSPS) is 16.8. The van der Waals surface area contributed by atoms with Crippen LogP contribution >= 0.6 is 11.8 Å². The molecule has 1 aromatic rings. The molecule has 1 amide bonds. The number of amides is 1. The first-order chi connectivity index (χ1) is 9.19. The van der Waals surface area contributed by atoms with E-state index in [1.165, 1.54) is 0 Å². The van der Waals surface area contributed by atoms with E-state index < -0.39 is 5.54 Å². The van der Waals surface area contributed by atoms with Gasteiger partial charge in [-0.25, -0.2) is 4.98 Å². The Morgan fingerprint density at radius 2 is 2.32 bits per heavy atom. The number of nitriles is 1. The van der Waals surface area contributed by atoms with Gasteiger partial charge >= 0.3 is 0 Å². The number of nitrogens with zero attached hydrogens (tertiary/aromatic N) is 2. The maximum atomic E-state index is 12.2. The third-order valence-corrected chi connectivity index (χ3v) is 4.12. The summed E-state index contributed by atoms with van der Waals surface area (Å²) in [6.07, 6.45) is 5.14. The largest absolute Gasteiger partial charge is 0.334 e. The van der Waals surface area contributed by atoms with Gasteiger partial charge < -0.3 is 5.32 Å². The zero-order valence-electron chi connectivity index (χ0n) is 11.0. The maximum absolute atomic E-state index is 12.2. The number of nitrogens with one attached hydrogen (secondary N) is 1. The summed E-state index contributed by atoms with van der Waals surface area (Å²) in [7, 11) is 0. The molecule has 0 radical (unpaired) electrons. The van der Waals surface area contributed by atoms with E-state index in [0.29, 0.717) is 5.56 Å². The second-order valence-electron chi connectivity index (χ2n) is 4.67. The van der Waals surface area contributed by atoms with E-state index in [1.807, 2.05) is 6.92 Å². The first-order valence-corrected chi connectivity index (χ1v) is 7.50. The molecule has 1 aromatic heterocycles. The molecule has 100 valence electrons. The summed E-state index contributed by atoms with van der Waals surface area (Å²) in [4.78, 5) is 16.4. The number of hydrogen-bond donors (Lipinski definition) is 1. The van der Waals surface area contributed by atoms with Crippen molar-refractivity contribution in [3.8, 4) is 6.07 Å². The Morgan fingerprint density at radius 3 is 2.95 bits per heavy atom. The summed E-state index contributed by atoms with van der Waals surface area (Å²) in [6.45, 7) is 2.04. The zero-order chi connectivity index (χ0) is 13.7. The highest BCUT2D eigenvalue weighted by Gasteiger charge is 2.35. The van der Waals surface area contributed by atoms with Crippen molar-refractivity contribution in [2.45, 2.75) is 43.2 Å². The standard InChI is InChI=1S/C14H17N3OS/c1-2-19-12-9-11(5-8-16-12)13(18)17-14(10-15)6-3-4-7-14/h5,8-9H,2-4,6-7H2,1H3,(H,17,18). The Balaban J connectivity index is 2.11. The van der Waals surface area contributed by atoms with Gasteiger partial charge in [-0.1, -0.05) is 6.92 Å². The molecule has 1 aliphatic carbocycles. The molecule has 19 heavy (non-hydrogen) atoms. The van der Waals surface area contributed by atoms with Crippen molar-refractivity contribution in [3.05, 3.63) is 23.9 Å². The maximum Gasteiger partial charge on any atom is 0.252 e. The quantitative estimate of drug-likeness (QED) is 0.858. The lowest BCUT2D eigenvalue weighted by atomic mass is 9.99. The van der Waals surface area contributed by atoms with Crippen molar-refractivity contribution in [1.29, 1.82) is 5.26 Å². The number of pyridine rings is 1. The van der Waals surface area contributed by atoms with E-state index in [9.17, 15) is 10.1 Å². The highest BCUT2D eigenvalue weighted by Crippen LogP contribution is 2.29. The Hall–Kier alpha value is -1.54. The molecular formula is C14H17N3OS. The molecule has 0 bridgehead atoms. The third-order valence-electron chi connectivity index (χ3n) is 3.31. The van der Waals surface area contributed by atoms with Crippen LogP contribution in [0.5, 0.6) is 0 Å². The smallest absolute Gasteiger partial charge is 0.252 e. The average Bonchev–Trinajstić information content (AvgIpc) is 2.88. The minimum atomic E-state index is -0.668. The van der Waals surface area contributed by atoms with Gasteiger partial charge in [0, 0.05) is 11.8 Å². The molecule has 0 aromatic carbocycles. The van der Waals surface area contributed by atoms with Crippen molar-refractivity contribution in [2.24, 2.45) is 0 Å². The van der Waals surface area contributed by atoms with Crippen LogP contribution in [0.1, 0.15) is 43.0 Å². The number of carbonyl (C=O) groups is 1. The minimum Gasteiger partial charge on any atom is -0.334 e. The van der Waals surface area contributed by atoms with Crippen molar-refractivity contribution < 1.29 is 4.79 Å². The van der Waals surface area contributed by atoms with Gasteiger partial charge in [-0.05, 0) is 43.6 Å². The summed E-state index contributed by atoms with van der Waals surface area (Å²) in [5, 5.41) is 13.0. The van der Waals surface area contributed by atoms with E-state index in [0.717, 1.165) is 36.5 Å². The topological polar surface area (TPSA) is 65.8 Å². The summed E-state index contributed by atoms with van der Waals surface area (Å²) < 4.78 is 0. The number of thioether (sulfide) groups is 1. The van der Waals surface area contributed by atoms with Crippen LogP contribution in [0.2, 0.25) is 0 Å². The first kappa shape index (κ1) is 13.9. The van der Waals surface area contributed by atoms with Gasteiger partial charge in [0.1, 0.15) is 5.54 Å². The highest BCUT2D eigenvalue weighted by atomic mass is 32.2. The Morgan fingerprint density at radius 1 is 1.58 bits per heavy atom. The van der Waals surface area contributed by atoms with Crippen LogP contribution in [0.4, 0.5) is 0 Å². The van der Waals surface area contributed by atoms with Crippen LogP contribution < -0.4 is 5.32 Å². The predicted molar refractivity (Wildman–Crippen MR) is 74.9 cm³/mol. The molecule has 0 atom stereocenters. The van der Waals surface area contributed by atoms with Gasteiger partial charge in [-0.2, -0.15) is 5.26 Å². The summed E-state index contributed by atoms with van der Waals surface area (Å²) in [5.41, 5.74) is -0.0919. The predicted octanol–water partition coefficient (Wildman–Crippen LogP) is 2.76. The van der Waals surface area contributed by atoms with Crippen molar-refractivity contribution in [2.75, 3.05) is 5.75 Å². The number of rotatable bonds is 4. The monoisotopic (exact) mass is 275 g/mol. The van der Waals surface area contributed by atoms with Crippen LogP contribution in [-0.2, 0) is 0 Å². The minimum absolute atomic E-state index is 0.177. The third kappa shape index (κ3) is 3.27. The summed E-state index contributed by atoms with van der Waals surface area (Å²) >= 11 is 1.60. The fourth-order valence-corrected chi connectivity index (χ4v) is 2.95. The molecule has 0 unspecified atom stereocenters. The molecular weight excluding hydrogens is 258 g/mol. The van der Waals surface area contributed by atoms with Crippen LogP contribution in [0.25, 0.3) is 0 Å². The van der Waals surface area contributed by atoms with E-state index in [2.05, 4.69) is 16.4 Å². The fraction of sp³-hybridized carbons (Fsp3) is 0.500. The molecule has 1 aliphatic rings. The summed E-state index contributed by atoms with van der Waals surface area (Å²) in [5.74, 6) is 0.740. The van der Waals surface area contributed by atoms with Gasteiger partial charge in [0.25, 0.3) is 5.91 Å². The molecule has 1 heterocycles. The lowest BCUT2D eigenvalue weighted by molar-refractivity contribution is 0.0920. The number of aromatic nitrogens is 1. The van der Waals surface area contributed by atoms with Crippen molar-refractivity contribution >= 4 is 17.7 Å². The van der Waals surface area contributed by atoms with Crippen LogP contribution in [0, 0.1) is 11.3 Å². The molecule has 1 N–H and O–H groups in total. The van der Waals surface area contributed by atoms with Crippen LogP contribution in [0.3, 0.4) is 0 Å². The van der Waals surface area contributed by atoms with Crippen LogP contribution in [-0.4, -0.2) is 22.2 Å². The van der Waals surface area contributed by atoms with Crippen LogP contribution in [0.15, 0.2) is 23.4 Å². The SMILES string of the molecule is CCSc1cc(C(=O)NC2(C#N)CCCC2)ccn1. The molecule has 5 heteroatoms. The molecule has 2 rings (SSSR count). The Bertz CT molecular complexity index is 504. The van der Waals surface area contributed by atoms with E-state index in [4.69, 9.17) is 0 Å². The molecule has 1 fully saturated rings. The Kier molecular flexibility index (Phi) is 4.43. The van der Waals surface area contributed by atoms with Gasteiger partial charge in [0.2, 0.25) is 0 Å². The van der Waals surface area contributed by atoms with Gasteiger partial charge in [0.15, 0.2) is 0 Å². The van der Waals surface area contributed by atoms with Gasteiger partial charge in [0.05, 0.1) is 11.1 Å². The van der Waals surface area contributed by atoms with Crippen molar-refractivity contribution in [3.63, 3.8) is 0 Å². The Labute approximate surface area is 117 Å². The zero-order valence-corrected chi connectivity index (χ0v) is 11.8. The van der Waals surface area contributed by atoms with E-state index in [1.54, 1.807) is 30.1 Å². The van der Waals surface area contributed by atoms with Gasteiger partial charge in [-0.3, -0.25) is 4.79 Å². The van der Waals surface area contributed by atoms with Gasteiger partial charge in [-0.15, -0.1) is 11.8 Å². The first-order valence-electron chi connectivity index (χ1n) is 6.52. The fourth-order valence-electron chi connectivity index (χ4n) is 2.31. The van der Waals surface area contributed by atoms with E-state index >= 15 is 0 Å². The number of hydrogen-bond acceptors (Lipinski definition) is 4. The molecule has 0 aliphatic heterocycles. The lowest BCUT2D eigenvalue weighted by Gasteiger charge is -2.22. The molecule has 0 spiro atoms. The van der Waals surface area contributed by atoms with Crippen molar-refractivity contribution in [1.82, 2.24) is 10.3 Å². The molecule has 4 nitrogen and oxygen atoms in total. The number of carbonyl (C=O) groups excluding carboxylic acids is 1. The second-order valence-corrected chi connectivity index (χ2v) is 5.96. The van der Waals surface area contributed by atoms with E-state index in [-0.39, 0.29) is 5.91 Å². The average molecular weight is 275 g/mol. The molecule has 1 saturated carbocycles. The summed E-state index contributed by atoms with van der Waals surface area (Å²) in [6, 6.07) is 5.74. The lowest BCUT2D eigenvalue weighted by Crippen LogP contribution is -2.45. The second kappa shape index (κ2) is 6.07. The molecule has 0 saturated heterocycles.